The summed E-state index contributed by atoms with van der Waals surface area (Å²) in [6.45, 7) is 34.6. The van der Waals surface area contributed by atoms with Crippen LogP contribution in [0.2, 0.25) is 0 Å². The molecule has 358 valence electrons. The van der Waals surface area contributed by atoms with E-state index >= 15 is 0 Å². The Bertz CT molecular complexity index is 3620. The molecule has 2 nitrogen and oxygen atoms in total. The lowest BCUT2D eigenvalue weighted by Crippen LogP contribution is -2.61. The van der Waals surface area contributed by atoms with Crippen molar-refractivity contribution in [3.63, 3.8) is 0 Å². The summed E-state index contributed by atoms with van der Waals surface area (Å²) in [5, 5.41) is 2.69. The van der Waals surface area contributed by atoms with Crippen LogP contribution < -0.4 is 26.2 Å². The molecule has 71 heavy (non-hydrogen) atoms. The van der Waals surface area contributed by atoms with Crippen LogP contribution in [0.1, 0.15) is 160 Å². The van der Waals surface area contributed by atoms with Crippen molar-refractivity contribution in [2.24, 2.45) is 0 Å². The van der Waals surface area contributed by atoms with Crippen molar-refractivity contribution in [3.05, 3.63) is 160 Å². The summed E-state index contributed by atoms with van der Waals surface area (Å²) in [5.41, 5.74) is 26.7. The largest absolute Gasteiger partial charge is 0.311 e. The maximum absolute atomic E-state index is 2.77. The summed E-state index contributed by atoms with van der Waals surface area (Å²) in [4.78, 5) is 5.54. The van der Waals surface area contributed by atoms with Gasteiger partial charge in [0.1, 0.15) is 0 Å². The van der Waals surface area contributed by atoms with E-state index in [4.69, 9.17) is 0 Å². The summed E-state index contributed by atoms with van der Waals surface area (Å²) < 4.78 is 2.72. The van der Waals surface area contributed by atoms with Gasteiger partial charge in [0.2, 0.25) is 0 Å². The molecule has 0 fully saturated rings. The second-order valence-electron chi connectivity index (χ2n) is 26.7. The fourth-order valence-corrected chi connectivity index (χ4v) is 16.2. The lowest BCUT2D eigenvalue weighted by molar-refractivity contribution is 0.332. The first-order chi connectivity index (χ1) is 33.5. The first kappa shape index (κ1) is 45.3. The molecule has 0 spiro atoms. The number of anilines is 6. The molecule has 0 saturated carbocycles. The molecule has 0 atom stereocenters. The van der Waals surface area contributed by atoms with Crippen molar-refractivity contribution in [1.82, 2.24) is 0 Å². The van der Waals surface area contributed by atoms with Gasteiger partial charge in [0.15, 0.2) is 0 Å². The van der Waals surface area contributed by atoms with Crippen molar-refractivity contribution in [2.45, 2.75) is 162 Å². The average molecular weight is 947 g/mol. The molecule has 3 aliphatic carbocycles. The molecule has 13 rings (SSSR count). The molecule has 0 unspecified atom stereocenters. The Balaban J connectivity index is 1.21. The van der Waals surface area contributed by atoms with E-state index in [1.54, 1.807) is 0 Å². The summed E-state index contributed by atoms with van der Waals surface area (Å²) >= 11 is 1.98. The number of aryl methyl sites for hydroxylation is 2. The average Bonchev–Trinajstić information content (AvgIpc) is 3.79. The Kier molecular flexibility index (Phi) is 9.29. The molecule has 0 bridgehead atoms. The number of thiophene rings is 1. The molecule has 4 heteroatoms. The number of nitrogens with zero attached hydrogens (tertiary/aromatic N) is 2. The van der Waals surface area contributed by atoms with Gasteiger partial charge in [0.25, 0.3) is 6.71 Å². The van der Waals surface area contributed by atoms with E-state index in [9.17, 15) is 0 Å². The molecular weight excluding hydrogens is 876 g/mol. The van der Waals surface area contributed by atoms with Crippen molar-refractivity contribution in [3.8, 4) is 11.1 Å². The molecule has 2 aliphatic heterocycles. The van der Waals surface area contributed by atoms with Crippen molar-refractivity contribution < 1.29 is 0 Å². The van der Waals surface area contributed by atoms with Gasteiger partial charge in [-0.25, -0.2) is 0 Å². The Morgan fingerprint density at radius 1 is 0.408 bits per heavy atom. The van der Waals surface area contributed by atoms with E-state index in [0.717, 1.165) is 6.42 Å². The lowest BCUT2D eigenvalue weighted by Gasteiger charge is -2.47. The van der Waals surface area contributed by atoms with Crippen LogP contribution in [0.15, 0.2) is 115 Å². The van der Waals surface area contributed by atoms with Gasteiger partial charge in [0.05, 0.1) is 10.4 Å². The van der Waals surface area contributed by atoms with E-state index in [0.29, 0.717) is 0 Å². The smallest absolute Gasteiger partial charge is 0.252 e. The Morgan fingerprint density at radius 2 is 0.887 bits per heavy atom. The normalized spacial score (nSPS) is 20.0. The Morgan fingerprint density at radius 3 is 1.48 bits per heavy atom. The van der Waals surface area contributed by atoms with Crippen molar-refractivity contribution >= 4 is 88.7 Å². The highest BCUT2D eigenvalue weighted by Gasteiger charge is 2.50. The van der Waals surface area contributed by atoms with Crippen LogP contribution in [0.25, 0.3) is 31.3 Å². The molecule has 0 saturated heterocycles. The number of hydrogen-bond donors (Lipinski definition) is 0. The quantitative estimate of drug-likeness (QED) is 0.163. The molecular formula is C67H71BN2S. The molecule has 1 aromatic heterocycles. The molecule has 0 amide bonds. The third kappa shape index (κ3) is 6.38. The minimum atomic E-state index is 0.0170. The highest BCUT2D eigenvalue weighted by atomic mass is 32.1. The second kappa shape index (κ2) is 14.6. The van der Waals surface area contributed by atoms with Crippen molar-refractivity contribution in [2.75, 3.05) is 9.80 Å². The van der Waals surface area contributed by atoms with Gasteiger partial charge in [-0.3, -0.25) is 0 Å². The molecule has 3 heterocycles. The van der Waals surface area contributed by atoms with Crippen LogP contribution in [-0.2, 0) is 32.5 Å². The number of hydrogen-bond acceptors (Lipinski definition) is 3. The van der Waals surface area contributed by atoms with Gasteiger partial charge in [-0.2, -0.15) is 0 Å². The maximum Gasteiger partial charge on any atom is 0.252 e. The van der Waals surface area contributed by atoms with Crippen molar-refractivity contribution in [1.29, 1.82) is 0 Å². The van der Waals surface area contributed by atoms with Crippen LogP contribution >= 0.6 is 11.3 Å². The minimum Gasteiger partial charge on any atom is -0.311 e. The molecule has 7 aromatic carbocycles. The monoisotopic (exact) mass is 947 g/mol. The summed E-state index contributed by atoms with van der Waals surface area (Å²) in [7, 11) is 0. The van der Waals surface area contributed by atoms with E-state index in [1.165, 1.54) is 152 Å². The van der Waals surface area contributed by atoms with Gasteiger partial charge in [-0.15, -0.1) is 11.3 Å². The predicted molar refractivity (Wildman–Crippen MR) is 310 cm³/mol. The standard InChI is InChI=1S/C67H71BN2S/c1-39-30-45-48(64(7,8)28-26-62(45,3)4)35-53(39)69-55-37-50-47(66(11,12)38-67(50,13)14)34-52(55)68-51-25-24-44-43-22-18-19-23-58(43)71-61(44)60(51)70(57-33-42(32-56(69)59(57)68)41-20-16-15-17-21-41)54-36-49-46(31-40(54)2)63(5,6)27-29-65(49,9)10/h15-25,30-37H,26-29,38H2,1-14H3. The fourth-order valence-electron chi connectivity index (χ4n) is 14.9. The topological polar surface area (TPSA) is 6.48 Å². The van der Waals surface area contributed by atoms with Crippen LogP contribution in [-0.4, -0.2) is 6.71 Å². The molecule has 0 radical (unpaired) electrons. The van der Waals surface area contributed by atoms with Gasteiger partial charge in [-0.05, 0) is 187 Å². The highest BCUT2D eigenvalue weighted by Crippen LogP contribution is 2.57. The van der Waals surface area contributed by atoms with E-state index in [-0.39, 0.29) is 39.2 Å². The summed E-state index contributed by atoms with van der Waals surface area (Å²) in [6.07, 6.45) is 5.86. The number of benzene rings is 7. The van der Waals surface area contributed by atoms with Crippen LogP contribution in [0.4, 0.5) is 34.1 Å². The third-order valence-electron chi connectivity index (χ3n) is 19.0. The zero-order chi connectivity index (χ0) is 49.7. The first-order valence-electron chi connectivity index (χ1n) is 26.8. The van der Waals surface area contributed by atoms with E-state index in [2.05, 4.69) is 222 Å². The summed E-state index contributed by atoms with van der Waals surface area (Å²) in [6, 6.07) is 46.4. The predicted octanol–water partition coefficient (Wildman–Crippen LogP) is 17.1. The van der Waals surface area contributed by atoms with Gasteiger partial charge in [0, 0.05) is 43.9 Å². The Hall–Kier alpha value is -5.58. The van der Waals surface area contributed by atoms with Crippen LogP contribution in [0.3, 0.4) is 0 Å². The second-order valence-corrected chi connectivity index (χ2v) is 27.7. The lowest BCUT2D eigenvalue weighted by atomic mass is 9.33. The first-order valence-corrected chi connectivity index (χ1v) is 27.6. The minimum absolute atomic E-state index is 0.0170. The van der Waals surface area contributed by atoms with Gasteiger partial charge < -0.3 is 9.80 Å². The fraction of sp³-hybridized carbons (Fsp3) is 0.373. The number of fused-ring (bicyclic) bond motifs is 11. The van der Waals surface area contributed by atoms with Crippen LogP contribution in [0.5, 0.6) is 0 Å². The molecule has 0 N–H and O–H groups in total. The highest BCUT2D eigenvalue weighted by molar-refractivity contribution is 7.26. The number of rotatable bonds is 3. The van der Waals surface area contributed by atoms with Crippen LogP contribution in [0, 0.1) is 13.8 Å². The molecule has 8 aromatic rings. The summed E-state index contributed by atoms with van der Waals surface area (Å²) in [5.74, 6) is 0. The van der Waals surface area contributed by atoms with Gasteiger partial charge >= 0.3 is 0 Å². The SMILES string of the molecule is Cc1cc2c(cc1N1c3cc4c(cc3B3c5ccc6c(sc7ccccc76)c5N(c5cc6c(cc5C)C(C)(C)CCC6(C)C)c5cc(-c6ccccc6)cc1c53)C(C)(C)CC4(C)C)C(C)(C)CCC2(C)C. The zero-order valence-electron chi connectivity index (χ0n) is 44.9. The Labute approximate surface area is 428 Å². The van der Waals surface area contributed by atoms with E-state index < -0.39 is 0 Å². The molecule has 5 aliphatic rings. The van der Waals surface area contributed by atoms with Gasteiger partial charge in [-0.1, -0.05) is 162 Å². The third-order valence-corrected chi connectivity index (χ3v) is 20.2. The van der Waals surface area contributed by atoms with E-state index in [1.807, 2.05) is 11.3 Å². The zero-order valence-corrected chi connectivity index (χ0v) is 45.7. The maximum atomic E-state index is 2.77.